The van der Waals surface area contributed by atoms with Crippen LogP contribution in [0, 0.1) is 5.82 Å². The van der Waals surface area contributed by atoms with E-state index >= 15 is 0 Å². The van der Waals surface area contributed by atoms with Crippen molar-refractivity contribution in [1.29, 1.82) is 0 Å². The Hall–Kier alpha value is -1.11. The van der Waals surface area contributed by atoms with Crippen molar-refractivity contribution in [2.45, 2.75) is 4.90 Å². The van der Waals surface area contributed by atoms with E-state index in [0.717, 1.165) is 0 Å². The summed E-state index contributed by atoms with van der Waals surface area (Å²) in [6.07, 6.45) is 0. The second kappa shape index (κ2) is 7.26. The number of ether oxygens (including phenoxy) is 1. The molecule has 0 spiro atoms. The van der Waals surface area contributed by atoms with Gasteiger partial charge in [0.2, 0.25) is 0 Å². The third kappa shape index (κ3) is 4.72. The van der Waals surface area contributed by atoms with Crippen LogP contribution in [0.3, 0.4) is 0 Å². The van der Waals surface area contributed by atoms with Gasteiger partial charge in [-0.2, -0.15) is 0 Å². The van der Waals surface area contributed by atoms with E-state index in [-0.39, 0.29) is 24.0 Å². The topological polar surface area (TPSA) is 58.6 Å². The Balaban J connectivity index is 2.39. The number of carbonyl (C=O) groups excluding carboxylic acids is 1. The Kier molecular flexibility index (Phi) is 5.96. The lowest BCUT2D eigenvalue weighted by Crippen LogP contribution is -2.27. The summed E-state index contributed by atoms with van der Waals surface area (Å²) in [5, 5.41) is 11.1. The van der Waals surface area contributed by atoms with Crippen molar-refractivity contribution < 1.29 is 19.0 Å². The maximum atomic E-state index is 12.9. The van der Waals surface area contributed by atoms with Crippen molar-refractivity contribution in [1.82, 2.24) is 5.32 Å². The molecule has 94 valence electrons. The van der Waals surface area contributed by atoms with Gasteiger partial charge in [-0.1, -0.05) is 0 Å². The lowest BCUT2D eigenvalue weighted by Gasteiger charge is -2.06. The number of hydrogen-bond donors (Lipinski definition) is 3. The number of benzene rings is 1. The highest BCUT2D eigenvalue weighted by Crippen LogP contribution is 2.13. The number of nitrogens with one attached hydrogen (secondary N) is 1. The van der Waals surface area contributed by atoms with Crippen molar-refractivity contribution in [3.05, 3.63) is 29.6 Å². The van der Waals surface area contributed by atoms with E-state index in [9.17, 15) is 9.18 Å². The van der Waals surface area contributed by atoms with Gasteiger partial charge in [0.1, 0.15) is 5.82 Å². The van der Waals surface area contributed by atoms with Crippen LogP contribution in [0.2, 0.25) is 0 Å². The van der Waals surface area contributed by atoms with E-state index in [1.54, 1.807) is 0 Å². The number of carbonyl (C=O) groups is 1. The molecular weight excluding hydrogens is 245 g/mol. The van der Waals surface area contributed by atoms with Gasteiger partial charge in [0, 0.05) is 17.0 Å². The zero-order chi connectivity index (χ0) is 12.7. The van der Waals surface area contributed by atoms with Gasteiger partial charge in [-0.3, -0.25) is 4.79 Å². The second-order valence-corrected chi connectivity index (χ2v) is 3.74. The molecule has 0 radical (unpaired) electrons. The van der Waals surface area contributed by atoms with Crippen LogP contribution in [0.25, 0.3) is 0 Å². The van der Waals surface area contributed by atoms with Crippen LogP contribution in [0.4, 0.5) is 4.39 Å². The predicted molar refractivity (Wildman–Crippen MR) is 63.9 cm³/mol. The molecule has 0 saturated heterocycles. The summed E-state index contributed by atoms with van der Waals surface area (Å²) in [6.45, 7) is 0.849. The van der Waals surface area contributed by atoms with Gasteiger partial charge in [0.25, 0.3) is 5.91 Å². The quantitative estimate of drug-likeness (QED) is 0.524. The molecule has 0 fully saturated rings. The molecule has 2 N–H and O–H groups in total. The maximum Gasteiger partial charge on any atom is 0.251 e. The molecular formula is C11H14FNO3S. The van der Waals surface area contributed by atoms with Gasteiger partial charge in [0.15, 0.2) is 0 Å². The Labute approximate surface area is 104 Å². The SMILES string of the molecule is O=C(NCCOCCO)c1ccc(F)c(S)c1. The van der Waals surface area contributed by atoms with E-state index in [1.807, 2.05) is 0 Å². The molecule has 0 saturated carbocycles. The number of aliphatic hydroxyl groups excluding tert-OH is 1. The van der Waals surface area contributed by atoms with Gasteiger partial charge in [-0.25, -0.2) is 4.39 Å². The van der Waals surface area contributed by atoms with Crippen molar-refractivity contribution in [2.75, 3.05) is 26.4 Å². The van der Waals surface area contributed by atoms with Gasteiger partial charge in [0.05, 0.1) is 19.8 Å². The first-order chi connectivity index (χ1) is 8.15. The molecule has 17 heavy (non-hydrogen) atoms. The highest BCUT2D eigenvalue weighted by atomic mass is 32.1. The van der Waals surface area contributed by atoms with Crippen LogP contribution in [0.1, 0.15) is 10.4 Å². The fourth-order valence-electron chi connectivity index (χ4n) is 1.16. The van der Waals surface area contributed by atoms with Gasteiger partial charge in [-0.15, -0.1) is 12.6 Å². The largest absolute Gasteiger partial charge is 0.394 e. The zero-order valence-corrected chi connectivity index (χ0v) is 10.0. The van der Waals surface area contributed by atoms with E-state index in [2.05, 4.69) is 17.9 Å². The Morgan fingerprint density at radius 1 is 1.47 bits per heavy atom. The number of aliphatic hydroxyl groups is 1. The normalized spacial score (nSPS) is 10.3. The summed E-state index contributed by atoms with van der Waals surface area (Å²) in [5.74, 6) is -0.774. The molecule has 0 aliphatic carbocycles. The Morgan fingerprint density at radius 3 is 2.88 bits per heavy atom. The monoisotopic (exact) mass is 259 g/mol. The third-order valence-corrected chi connectivity index (χ3v) is 2.32. The summed E-state index contributed by atoms with van der Waals surface area (Å²) < 4.78 is 17.9. The molecule has 0 aliphatic rings. The second-order valence-electron chi connectivity index (χ2n) is 3.26. The first-order valence-electron chi connectivity index (χ1n) is 5.10. The number of rotatable bonds is 6. The molecule has 1 aromatic rings. The minimum Gasteiger partial charge on any atom is -0.394 e. The number of thiol groups is 1. The lowest BCUT2D eigenvalue weighted by atomic mass is 10.2. The molecule has 0 atom stereocenters. The smallest absolute Gasteiger partial charge is 0.251 e. The first-order valence-corrected chi connectivity index (χ1v) is 5.55. The van der Waals surface area contributed by atoms with Gasteiger partial charge < -0.3 is 15.2 Å². The summed E-state index contributed by atoms with van der Waals surface area (Å²) >= 11 is 3.89. The molecule has 4 nitrogen and oxygen atoms in total. The third-order valence-electron chi connectivity index (χ3n) is 1.98. The van der Waals surface area contributed by atoms with Crippen LogP contribution in [0.15, 0.2) is 23.1 Å². The Morgan fingerprint density at radius 2 is 2.24 bits per heavy atom. The molecule has 0 unspecified atom stereocenters. The number of hydrogen-bond acceptors (Lipinski definition) is 4. The van der Waals surface area contributed by atoms with Crippen LogP contribution >= 0.6 is 12.6 Å². The minimum absolute atomic E-state index is 0.0467. The number of halogens is 1. The van der Waals surface area contributed by atoms with Crippen molar-refractivity contribution in [2.24, 2.45) is 0 Å². The molecule has 0 bridgehead atoms. The molecule has 0 aromatic heterocycles. The van der Waals surface area contributed by atoms with Gasteiger partial charge in [-0.05, 0) is 18.2 Å². The first kappa shape index (κ1) is 14.0. The van der Waals surface area contributed by atoms with Crippen LogP contribution in [0.5, 0.6) is 0 Å². The number of amides is 1. The van der Waals surface area contributed by atoms with E-state index in [1.165, 1.54) is 18.2 Å². The average Bonchev–Trinajstić information content (AvgIpc) is 2.32. The van der Waals surface area contributed by atoms with Crippen LogP contribution in [-0.4, -0.2) is 37.4 Å². The Bertz CT molecular complexity index is 387. The standard InChI is InChI=1S/C11H14FNO3S/c12-9-2-1-8(7-10(9)17)11(15)13-3-5-16-6-4-14/h1-2,7,14,17H,3-6H2,(H,13,15). The molecule has 1 amide bonds. The zero-order valence-electron chi connectivity index (χ0n) is 9.15. The highest BCUT2D eigenvalue weighted by Gasteiger charge is 2.07. The minimum atomic E-state index is -0.462. The van der Waals surface area contributed by atoms with Crippen LogP contribution in [-0.2, 0) is 4.74 Å². The fourth-order valence-corrected chi connectivity index (χ4v) is 1.37. The lowest BCUT2D eigenvalue weighted by molar-refractivity contribution is 0.0838. The summed E-state index contributed by atoms with van der Waals surface area (Å²) in [4.78, 5) is 11.7. The average molecular weight is 259 g/mol. The fraction of sp³-hybridized carbons (Fsp3) is 0.364. The van der Waals surface area contributed by atoms with E-state index in [4.69, 9.17) is 9.84 Å². The summed E-state index contributed by atoms with van der Waals surface area (Å²) in [7, 11) is 0. The molecule has 1 rings (SSSR count). The summed E-state index contributed by atoms with van der Waals surface area (Å²) in [6, 6.07) is 3.95. The van der Waals surface area contributed by atoms with Gasteiger partial charge >= 0.3 is 0 Å². The van der Waals surface area contributed by atoms with Crippen LogP contribution < -0.4 is 5.32 Å². The van der Waals surface area contributed by atoms with Crippen molar-refractivity contribution in [3.63, 3.8) is 0 Å². The van der Waals surface area contributed by atoms with Crippen molar-refractivity contribution >= 4 is 18.5 Å². The maximum absolute atomic E-state index is 12.9. The molecule has 0 aliphatic heterocycles. The highest BCUT2D eigenvalue weighted by molar-refractivity contribution is 7.80. The molecule has 6 heteroatoms. The van der Waals surface area contributed by atoms with E-state index in [0.29, 0.717) is 18.7 Å². The summed E-state index contributed by atoms with van der Waals surface area (Å²) in [5.41, 5.74) is 0.346. The van der Waals surface area contributed by atoms with Crippen molar-refractivity contribution in [3.8, 4) is 0 Å². The molecule has 0 heterocycles. The molecule has 1 aromatic carbocycles. The van der Waals surface area contributed by atoms with E-state index < -0.39 is 5.82 Å². The predicted octanol–water partition coefficient (Wildman–Crippen LogP) is 0.853.